The number of halogens is 2. The summed E-state index contributed by atoms with van der Waals surface area (Å²) in [6.07, 6.45) is 0. The molecule has 0 bridgehead atoms. The molecule has 1 rings (SSSR count). The second-order valence-corrected chi connectivity index (χ2v) is 4.67. The standard InChI is InChI=1S/C9H8F2N2O2S/c10-9(11)16(14,15)13-6-8-3-1-7(5-12)2-4-8/h1-4,9,13H,6H2. The molecule has 7 heteroatoms. The van der Waals surface area contributed by atoms with Gasteiger partial charge in [-0.1, -0.05) is 12.1 Å². The summed E-state index contributed by atoms with van der Waals surface area (Å²) in [4.78, 5) is 0. The Hall–Kier alpha value is -1.52. The van der Waals surface area contributed by atoms with Gasteiger partial charge in [0, 0.05) is 6.54 Å². The Kier molecular flexibility index (Phi) is 3.93. The minimum absolute atomic E-state index is 0.224. The average Bonchev–Trinajstić information content (AvgIpc) is 2.27. The second kappa shape index (κ2) is 5.01. The first kappa shape index (κ1) is 12.5. The molecule has 1 N–H and O–H groups in total. The zero-order valence-electron chi connectivity index (χ0n) is 8.02. The lowest BCUT2D eigenvalue weighted by molar-refractivity contribution is 0.232. The first-order chi connectivity index (χ1) is 7.45. The number of alkyl halides is 2. The van der Waals surface area contributed by atoms with Crippen molar-refractivity contribution in [2.75, 3.05) is 0 Å². The summed E-state index contributed by atoms with van der Waals surface area (Å²) in [5.74, 6) is -3.44. The number of nitrogens with one attached hydrogen (secondary N) is 1. The first-order valence-electron chi connectivity index (χ1n) is 4.21. The molecule has 0 aliphatic carbocycles. The number of hydrogen-bond acceptors (Lipinski definition) is 3. The molecule has 0 saturated heterocycles. The van der Waals surface area contributed by atoms with Gasteiger partial charge in [-0.3, -0.25) is 0 Å². The molecule has 1 aromatic rings. The monoisotopic (exact) mass is 246 g/mol. The quantitative estimate of drug-likeness (QED) is 0.867. The summed E-state index contributed by atoms with van der Waals surface area (Å²) in [6, 6.07) is 7.83. The summed E-state index contributed by atoms with van der Waals surface area (Å²) in [5, 5.41) is 8.50. The third-order valence-corrected chi connectivity index (χ3v) is 2.81. The Balaban J connectivity index is 2.66. The highest BCUT2D eigenvalue weighted by molar-refractivity contribution is 7.89. The van der Waals surface area contributed by atoms with E-state index in [0.717, 1.165) is 0 Å². The maximum Gasteiger partial charge on any atom is 0.350 e. The van der Waals surface area contributed by atoms with Crippen molar-refractivity contribution in [3.05, 3.63) is 35.4 Å². The molecule has 0 heterocycles. The number of benzene rings is 1. The second-order valence-electron chi connectivity index (χ2n) is 2.94. The Labute approximate surface area is 91.6 Å². The third kappa shape index (κ3) is 3.25. The van der Waals surface area contributed by atoms with Crippen molar-refractivity contribution in [1.29, 1.82) is 5.26 Å². The molecule has 0 aliphatic rings. The summed E-state index contributed by atoms with van der Waals surface area (Å²) in [6.45, 7) is -0.224. The summed E-state index contributed by atoms with van der Waals surface area (Å²) in [5.41, 5.74) is 0.920. The van der Waals surface area contributed by atoms with Gasteiger partial charge in [0.15, 0.2) is 0 Å². The molecule has 0 aromatic heterocycles. The summed E-state index contributed by atoms with van der Waals surface area (Å²) < 4.78 is 47.1. The van der Waals surface area contributed by atoms with E-state index in [1.807, 2.05) is 6.07 Å². The van der Waals surface area contributed by atoms with Crippen molar-refractivity contribution >= 4 is 10.0 Å². The maximum atomic E-state index is 11.9. The first-order valence-corrected chi connectivity index (χ1v) is 5.76. The van der Waals surface area contributed by atoms with E-state index in [1.165, 1.54) is 24.3 Å². The van der Waals surface area contributed by atoms with E-state index in [4.69, 9.17) is 5.26 Å². The van der Waals surface area contributed by atoms with Crippen LogP contribution in [0.5, 0.6) is 0 Å². The number of nitriles is 1. The van der Waals surface area contributed by atoms with Crippen LogP contribution < -0.4 is 4.72 Å². The maximum absolute atomic E-state index is 11.9. The molecule has 16 heavy (non-hydrogen) atoms. The van der Waals surface area contributed by atoms with Gasteiger partial charge in [0.1, 0.15) is 0 Å². The van der Waals surface area contributed by atoms with Gasteiger partial charge >= 0.3 is 5.76 Å². The van der Waals surface area contributed by atoms with Crippen molar-refractivity contribution in [3.63, 3.8) is 0 Å². The Bertz CT molecular complexity index is 491. The van der Waals surface area contributed by atoms with Crippen molar-refractivity contribution < 1.29 is 17.2 Å². The Morgan fingerprint density at radius 2 is 1.88 bits per heavy atom. The predicted octanol–water partition coefficient (Wildman–Crippen LogP) is 1.20. The van der Waals surface area contributed by atoms with E-state index in [2.05, 4.69) is 0 Å². The van der Waals surface area contributed by atoms with Gasteiger partial charge in [0.2, 0.25) is 0 Å². The fourth-order valence-electron chi connectivity index (χ4n) is 0.944. The molecule has 0 radical (unpaired) electrons. The van der Waals surface area contributed by atoms with Crippen LogP contribution in [-0.2, 0) is 16.6 Å². The van der Waals surface area contributed by atoms with Crippen LogP contribution in [0.15, 0.2) is 24.3 Å². The van der Waals surface area contributed by atoms with Crippen LogP contribution in [0, 0.1) is 11.3 Å². The number of hydrogen-bond donors (Lipinski definition) is 1. The zero-order valence-corrected chi connectivity index (χ0v) is 8.84. The van der Waals surface area contributed by atoms with E-state index >= 15 is 0 Å². The lowest BCUT2D eigenvalue weighted by Gasteiger charge is -2.05. The topological polar surface area (TPSA) is 70.0 Å². The fourth-order valence-corrected chi connectivity index (χ4v) is 1.44. The van der Waals surface area contributed by atoms with Crippen molar-refractivity contribution in [3.8, 4) is 6.07 Å². The molecule has 0 amide bonds. The van der Waals surface area contributed by atoms with E-state index < -0.39 is 15.8 Å². The third-order valence-electron chi connectivity index (χ3n) is 1.80. The highest BCUT2D eigenvalue weighted by Gasteiger charge is 2.22. The molecule has 0 atom stereocenters. The van der Waals surface area contributed by atoms with Crippen LogP contribution in [0.1, 0.15) is 11.1 Å². The molecule has 0 aliphatic heterocycles. The summed E-state index contributed by atoms with van der Waals surface area (Å²) >= 11 is 0. The number of sulfonamides is 1. The molecule has 0 saturated carbocycles. The molecular formula is C9H8F2N2O2S. The SMILES string of the molecule is N#Cc1ccc(CNS(=O)(=O)C(F)F)cc1. The predicted molar refractivity (Wildman–Crippen MR) is 52.9 cm³/mol. The molecule has 0 fully saturated rings. The van der Waals surface area contributed by atoms with Crippen LogP contribution >= 0.6 is 0 Å². The molecule has 1 aromatic carbocycles. The van der Waals surface area contributed by atoms with E-state index in [-0.39, 0.29) is 6.54 Å². The molecule has 0 unspecified atom stereocenters. The van der Waals surface area contributed by atoms with Gasteiger partial charge in [0.05, 0.1) is 11.6 Å². The lowest BCUT2D eigenvalue weighted by atomic mass is 10.1. The fraction of sp³-hybridized carbons (Fsp3) is 0.222. The Morgan fingerprint density at radius 1 is 1.31 bits per heavy atom. The summed E-state index contributed by atoms with van der Waals surface area (Å²) in [7, 11) is -4.56. The molecule has 4 nitrogen and oxygen atoms in total. The van der Waals surface area contributed by atoms with Gasteiger partial charge in [-0.25, -0.2) is 13.1 Å². The van der Waals surface area contributed by atoms with Gasteiger partial charge < -0.3 is 0 Å². The molecular weight excluding hydrogens is 238 g/mol. The highest BCUT2D eigenvalue weighted by atomic mass is 32.2. The minimum atomic E-state index is -4.56. The van der Waals surface area contributed by atoms with Crippen molar-refractivity contribution in [2.45, 2.75) is 12.3 Å². The van der Waals surface area contributed by atoms with E-state index in [0.29, 0.717) is 11.1 Å². The average molecular weight is 246 g/mol. The van der Waals surface area contributed by atoms with Gasteiger partial charge in [-0.05, 0) is 17.7 Å². The van der Waals surface area contributed by atoms with Crippen LogP contribution in [0.2, 0.25) is 0 Å². The van der Waals surface area contributed by atoms with Gasteiger partial charge in [-0.15, -0.1) is 0 Å². The van der Waals surface area contributed by atoms with Crippen molar-refractivity contribution in [1.82, 2.24) is 4.72 Å². The largest absolute Gasteiger partial charge is 0.350 e. The smallest absolute Gasteiger partial charge is 0.206 e. The molecule has 86 valence electrons. The van der Waals surface area contributed by atoms with Crippen LogP contribution in [0.3, 0.4) is 0 Å². The molecule has 0 spiro atoms. The van der Waals surface area contributed by atoms with E-state index in [9.17, 15) is 17.2 Å². The van der Waals surface area contributed by atoms with Crippen molar-refractivity contribution in [2.24, 2.45) is 0 Å². The van der Waals surface area contributed by atoms with Crippen LogP contribution in [0.4, 0.5) is 8.78 Å². The zero-order chi connectivity index (χ0) is 12.2. The van der Waals surface area contributed by atoms with Crippen LogP contribution in [-0.4, -0.2) is 14.2 Å². The normalized spacial score (nSPS) is 11.4. The van der Waals surface area contributed by atoms with E-state index in [1.54, 1.807) is 4.72 Å². The lowest BCUT2D eigenvalue weighted by Crippen LogP contribution is -2.28. The number of rotatable bonds is 4. The van der Waals surface area contributed by atoms with Gasteiger partial charge in [0.25, 0.3) is 10.0 Å². The van der Waals surface area contributed by atoms with Crippen LogP contribution in [0.25, 0.3) is 0 Å². The minimum Gasteiger partial charge on any atom is -0.206 e. The highest BCUT2D eigenvalue weighted by Crippen LogP contribution is 2.06. The Morgan fingerprint density at radius 3 is 2.31 bits per heavy atom. The number of nitrogens with zero attached hydrogens (tertiary/aromatic N) is 1. The van der Waals surface area contributed by atoms with Gasteiger partial charge in [-0.2, -0.15) is 14.0 Å².